The Hall–Kier alpha value is -3.17. The van der Waals surface area contributed by atoms with E-state index in [1.165, 1.54) is 6.07 Å². The monoisotopic (exact) mass is 401 g/mol. The average molecular weight is 401 g/mol. The second kappa shape index (κ2) is 6.71. The lowest BCUT2D eigenvalue weighted by Gasteiger charge is -2.29. The molecule has 10 heteroatoms. The number of aromatic amines is 1. The number of fused-ring (bicyclic) bond motifs is 3. The van der Waals surface area contributed by atoms with E-state index in [4.69, 9.17) is 0 Å². The van der Waals surface area contributed by atoms with Gasteiger partial charge in [0.25, 0.3) is 0 Å². The number of anilines is 1. The molecule has 0 aliphatic heterocycles. The zero-order valence-electron chi connectivity index (χ0n) is 15.3. The molecule has 1 aliphatic rings. The highest BCUT2D eigenvalue weighted by Gasteiger charge is 2.31. The number of nitrogens with one attached hydrogen (secondary N) is 2. The highest BCUT2D eigenvalue weighted by atomic mass is 19.4. The summed E-state index contributed by atoms with van der Waals surface area (Å²) in [5.74, 6) is 1.53. The summed E-state index contributed by atoms with van der Waals surface area (Å²) in [6, 6.07) is 4.49. The molecule has 0 unspecified atom stereocenters. The highest BCUT2D eigenvalue weighted by molar-refractivity contribution is 5.74. The van der Waals surface area contributed by atoms with Crippen LogP contribution in [0.1, 0.15) is 43.0 Å². The zero-order valence-corrected chi connectivity index (χ0v) is 15.3. The first kappa shape index (κ1) is 17.9. The van der Waals surface area contributed by atoms with Crippen molar-refractivity contribution in [2.45, 2.75) is 43.8 Å². The Bertz CT molecular complexity index is 1150. The van der Waals surface area contributed by atoms with Gasteiger partial charge in [0.1, 0.15) is 11.6 Å². The summed E-state index contributed by atoms with van der Waals surface area (Å²) < 4.78 is 40.2. The third kappa shape index (κ3) is 3.28. The molecule has 0 saturated heterocycles. The number of rotatable bonds is 3. The number of halogens is 3. The molecule has 1 fully saturated rings. The van der Waals surface area contributed by atoms with Crippen molar-refractivity contribution in [2.75, 3.05) is 5.32 Å². The molecule has 0 amide bonds. The molecule has 29 heavy (non-hydrogen) atoms. The fourth-order valence-electron chi connectivity index (χ4n) is 4.07. The molecule has 0 spiro atoms. The molecule has 0 radical (unpaired) electrons. The molecular weight excluding hydrogens is 383 g/mol. The number of pyridine rings is 1. The van der Waals surface area contributed by atoms with Crippen molar-refractivity contribution in [3.8, 4) is 0 Å². The van der Waals surface area contributed by atoms with Gasteiger partial charge in [-0.15, -0.1) is 10.2 Å². The lowest BCUT2D eigenvalue weighted by molar-refractivity contribution is -0.137. The van der Waals surface area contributed by atoms with Crippen molar-refractivity contribution >= 4 is 22.6 Å². The number of hydrogen-bond acceptors (Lipinski definition) is 5. The van der Waals surface area contributed by atoms with Gasteiger partial charge in [-0.25, -0.2) is 9.97 Å². The van der Waals surface area contributed by atoms with E-state index < -0.39 is 11.7 Å². The largest absolute Gasteiger partial charge is 0.417 e. The first-order valence-electron chi connectivity index (χ1n) is 9.46. The Labute approximate surface area is 163 Å². The molecule has 0 aromatic carbocycles. The van der Waals surface area contributed by atoms with Gasteiger partial charge in [0.2, 0.25) is 0 Å². The summed E-state index contributed by atoms with van der Waals surface area (Å²) in [4.78, 5) is 11.4. The van der Waals surface area contributed by atoms with Gasteiger partial charge >= 0.3 is 6.18 Å². The molecule has 1 aliphatic carbocycles. The second-order valence-electron chi connectivity index (χ2n) is 7.36. The predicted octanol–water partition coefficient (Wildman–Crippen LogP) is 4.16. The van der Waals surface area contributed by atoms with Crippen molar-refractivity contribution in [2.24, 2.45) is 0 Å². The van der Waals surface area contributed by atoms with E-state index >= 15 is 0 Å². The molecule has 4 aromatic rings. The van der Waals surface area contributed by atoms with E-state index in [9.17, 15) is 13.2 Å². The lowest BCUT2D eigenvalue weighted by Crippen LogP contribution is -2.27. The van der Waals surface area contributed by atoms with Gasteiger partial charge in [-0.3, -0.25) is 4.40 Å². The molecule has 0 bridgehead atoms. The summed E-state index contributed by atoms with van der Waals surface area (Å²) in [6.45, 7) is 0. The fraction of sp³-hybridized carbons (Fsp3) is 0.368. The average Bonchev–Trinajstić information content (AvgIpc) is 3.34. The predicted molar refractivity (Wildman–Crippen MR) is 100 cm³/mol. The molecule has 150 valence electrons. The molecule has 4 heterocycles. The van der Waals surface area contributed by atoms with Crippen molar-refractivity contribution in [1.29, 1.82) is 0 Å². The summed E-state index contributed by atoms with van der Waals surface area (Å²) in [5.41, 5.74) is 1.66. The molecule has 4 aromatic heterocycles. The summed E-state index contributed by atoms with van der Waals surface area (Å²) in [7, 11) is 0. The van der Waals surface area contributed by atoms with Crippen LogP contribution in [0, 0.1) is 0 Å². The summed E-state index contributed by atoms with van der Waals surface area (Å²) in [6.07, 6.45) is 3.71. The maximum Gasteiger partial charge on any atom is 0.417 e. The Kier molecular flexibility index (Phi) is 4.14. The standard InChI is InChI=1S/C19H18F3N7/c20-19(21,22)12-4-5-15(24-9-12)26-13-3-1-2-11(8-13)18-28-27-16-10-25-17-14(29(16)18)6-7-23-17/h4-7,9-11,13,23H,1-3,8H2,(H,24,26)/t11-,13+/m1/s1. The normalized spacial score (nSPS) is 20.4. The zero-order chi connectivity index (χ0) is 20.0. The van der Waals surface area contributed by atoms with Crippen molar-refractivity contribution in [3.63, 3.8) is 0 Å². The number of hydrogen-bond donors (Lipinski definition) is 2. The first-order valence-corrected chi connectivity index (χ1v) is 9.46. The summed E-state index contributed by atoms with van der Waals surface area (Å²) in [5, 5.41) is 12.0. The Morgan fingerprint density at radius 2 is 1.97 bits per heavy atom. The van der Waals surface area contributed by atoms with Crippen LogP contribution in [-0.4, -0.2) is 35.6 Å². The van der Waals surface area contributed by atoms with Gasteiger partial charge in [0, 0.05) is 24.4 Å². The van der Waals surface area contributed by atoms with Gasteiger partial charge in [0.15, 0.2) is 11.3 Å². The third-order valence-electron chi connectivity index (χ3n) is 5.45. The molecule has 2 N–H and O–H groups in total. The SMILES string of the molecule is FC(F)(F)c1ccc(N[C@H]2CCC[C@@H](c3nnc4cnc5[nH]ccc5n34)C2)nc1. The van der Waals surface area contributed by atoms with Crippen LogP contribution < -0.4 is 5.32 Å². The van der Waals surface area contributed by atoms with Gasteiger partial charge < -0.3 is 10.3 Å². The molecule has 2 atom stereocenters. The quantitative estimate of drug-likeness (QED) is 0.539. The van der Waals surface area contributed by atoms with Crippen LogP contribution >= 0.6 is 0 Å². The molecular formula is C19H18F3N7. The van der Waals surface area contributed by atoms with Crippen LogP contribution in [0.5, 0.6) is 0 Å². The topological polar surface area (TPSA) is 83.8 Å². The Balaban J connectivity index is 1.37. The minimum atomic E-state index is -4.38. The second-order valence-corrected chi connectivity index (χ2v) is 7.36. The van der Waals surface area contributed by atoms with E-state index in [-0.39, 0.29) is 12.0 Å². The van der Waals surface area contributed by atoms with Gasteiger partial charge in [-0.1, -0.05) is 6.42 Å². The van der Waals surface area contributed by atoms with Crippen molar-refractivity contribution < 1.29 is 13.2 Å². The van der Waals surface area contributed by atoms with Crippen LogP contribution in [0.2, 0.25) is 0 Å². The van der Waals surface area contributed by atoms with E-state index in [1.54, 1.807) is 6.20 Å². The van der Waals surface area contributed by atoms with Crippen LogP contribution in [0.4, 0.5) is 19.0 Å². The minimum absolute atomic E-state index is 0.105. The van der Waals surface area contributed by atoms with Crippen LogP contribution in [0.15, 0.2) is 36.8 Å². The lowest BCUT2D eigenvalue weighted by atomic mass is 9.85. The third-order valence-corrected chi connectivity index (χ3v) is 5.45. The number of alkyl halides is 3. The highest BCUT2D eigenvalue weighted by Crippen LogP contribution is 2.34. The molecule has 5 rings (SSSR count). The van der Waals surface area contributed by atoms with Gasteiger partial charge in [0.05, 0.1) is 17.3 Å². The van der Waals surface area contributed by atoms with E-state index in [0.717, 1.165) is 54.9 Å². The van der Waals surface area contributed by atoms with Crippen LogP contribution in [-0.2, 0) is 6.18 Å². The van der Waals surface area contributed by atoms with Gasteiger partial charge in [-0.05, 0) is 37.5 Å². The van der Waals surface area contributed by atoms with Crippen LogP contribution in [0.25, 0.3) is 16.8 Å². The number of H-pyrrole nitrogens is 1. The number of aromatic nitrogens is 6. The molecule has 7 nitrogen and oxygen atoms in total. The first-order chi connectivity index (χ1) is 14.0. The molecule has 1 saturated carbocycles. The van der Waals surface area contributed by atoms with Crippen molar-refractivity contribution in [3.05, 3.63) is 48.2 Å². The smallest absolute Gasteiger partial charge is 0.367 e. The fourth-order valence-corrected chi connectivity index (χ4v) is 4.07. The van der Waals surface area contributed by atoms with E-state index in [1.807, 2.05) is 16.7 Å². The Morgan fingerprint density at radius 3 is 2.76 bits per heavy atom. The number of nitrogens with zero attached hydrogens (tertiary/aromatic N) is 5. The van der Waals surface area contributed by atoms with E-state index in [0.29, 0.717) is 11.5 Å². The Morgan fingerprint density at radius 1 is 1.07 bits per heavy atom. The van der Waals surface area contributed by atoms with Crippen LogP contribution in [0.3, 0.4) is 0 Å². The minimum Gasteiger partial charge on any atom is -0.367 e. The van der Waals surface area contributed by atoms with Crippen molar-refractivity contribution in [1.82, 2.24) is 29.5 Å². The summed E-state index contributed by atoms with van der Waals surface area (Å²) >= 11 is 0. The van der Waals surface area contributed by atoms with E-state index in [2.05, 4.69) is 30.5 Å². The maximum absolute atomic E-state index is 12.7. The van der Waals surface area contributed by atoms with Gasteiger partial charge in [-0.2, -0.15) is 13.2 Å². The maximum atomic E-state index is 12.7.